The normalized spacial score (nSPS) is 11.6. The molecular weight excluding hydrogens is 472 g/mol. The lowest BCUT2D eigenvalue weighted by atomic mass is 10.1. The molecule has 0 aliphatic carbocycles. The van der Waals surface area contributed by atoms with Crippen molar-refractivity contribution < 1.29 is 24.2 Å². The van der Waals surface area contributed by atoms with Gasteiger partial charge in [0.15, 0.2) is 5.82 Å². The molecule has 2 amide bonds. The molecule has 0 saturated heterocycles. The highest BCUT2D eigenvalue weighted by molar-refractivity contribution is 6.32. The first-order chi connectivity index (χ1) is 16.7. The van der Waals surface area contributed by atoms with Crippen molar-refractivity contribution in [2.75, 3.05) is 26.0 Å². The van der Waals surface area contributed by atoms with E-state index in [-0.39, 0.29) is 23.1 Å². The summed E-state index contributed by atoms with van der Waals surface area (Å²) in [6.07, 6.45) is 1.90. The second-order valence-electron chi connectivity index (χ2n) is 7.98. The Balaban J connectivity index is 1.90. The number of hydrogen-bond donors (Lipinski definition) is 2. The lowest BCUT2D eigenvalue weighted by Gasteiger charge is -2.17. The van der Waals surface area contributed by atoms with Crippen LogP contribution in [0.1, 0.15) is 41.0 Å². The molecule has 1 heterocycles. The highest BCUT2D eigenvalue weighted by Crippen LogP contribution is 2.33. The molecule has 0 aliphatic rings. The zero-order chi connectivity index (χ0) is 25.5. The molecule has 0 bridgehead atoms. The van der Waals surface area contributed by atoms with Crippen LogP contribution in [0.3, 0.4) is 0 Å². The summed E-state index contributed by atoms with van der Waals surface area (Å²) >= 11 is 6.37. The van der Waals surface area contributed by atoms with Gasteiger partial charge >= 0.3 is 0 Å². The van der Waals surface area contributed by atoms with Gasteiger partial charge < -0.3 is 24.8 Å². The molecule has 3 aromatic rings. The minimum Gasteiger partial charge on any atom is -0.488 e. The average Bonchev–Trinajstić information content (AvgIpc) is 3.30. The Bertz CT molecular complexity index is 1190. The van der Waals surface area contributed by atoms with E-state index >= 15 is 0 Å². The van der Waals surface area contributed by atoms with Crippen LogP contribution >= 0.6 is 11.6 Å². The van der Waals surface area contributed by atoms with Crippen LogP contribution in [0.25, 0.3) is 0 Å². The number of aromatic nitrogens is 2. The van der Waals surface area contributed by atoms with Gasteiger partial charge in [0.1, 0.15) is 23.4 Å². The van der Waals surface area contributed by atoms with Gasteiger partial charge in [-0.15, -0.1) is 0 Å². The number of benzene rings is 2. The van der Waals surface area contributed by atoms with Crippen LogP contribution in [0.15, 0.2) is 48.7 Å². The fourth-order valence-electron chi connectivity index (χ4n) is 3.17. The van der Waals surface area contributed by atoms with Gasteiger partial charge in [0.25, 0.3) is 11.8 Å². The van der Waals surface area contributed by atoms with E-state index in [9.17, 15) is 14.7 Å². The van der Waals surface area contributed by atoms with E-state index in [1.807, 2.05) is 13.8 Å². The third kappa shape index (κ3) is 6.74. The highest BCUT2D eigenvalue weighted by atomic mass is 35.5. The van der Waals surface area contributed by atoms with Crippen LogP contribution < -0.4 is 14.8 Å². The third-order valence-electron chi connectivity index (χ3n) is 5.12. The molecule has 3 rings (SSSR count). The maximum absolute atomic E-state index is 13.0. The number of aryl methyl sites for hydroxylation is 1. The van der Waals surface area contributed by atoms with E-state index in [0.29, 0.717) is 41.6 Å². The molecule has 10 heteroatoms. The van der Waals surface area contributed by atoms with Crippen molar-refractivity contribution in [3.63, 3.8) is 0 Å². The molecule has 0 spiro atoms. The molecule has 1 aromatic heterocycles. The van der Waals surface area contributed by atoms with Crippen molar-refractivity contribution in [3.05, 3.63) is 64.8 Å². The second-order valence-corrected chi connectivity index (χ2v) is 8.39. The van der Waals surface area contributed by atoms with Gasteiger partial charge in [-0.05, 0) is 43.7 Å². The minimum atomic E-state index is -0.443. The quantitative estimate of drug-likeness (QED) is 0.426. The van der Waals surface area contributed by atoms with Crippen molar-refractivity contribution in [2.24, 2.45) is 0 Å². The number of anilines is 1. The van der Waals surface area contributed by atoms with Gasteiger partial charge in [-0.1, -0.05) is 18.5 Å². The number of nitrogens with one attached hydrogen (secondary N) is 1. The van der Waals surface area contributed by atoms with Crippen LogP contribution in [-0.2, 0) is 6.54 Å². The molecule has 35 heavy (non-hydrogen) atoms. The first-order valence-electron chi connectivity index (χ1n) is 11.2. The molecule has 2 N–H and O–H groups in total. The number of aliphatic hydroxyl groups excluding tert-OH is 1. The number of hydrogen-bond acceptors (Lipinski definition) is 6. The van der Waals surface area contributed by atoms with Crippen LogP contribution in [0.2, 0.25) is 5.02 Å². The van der Waals surface area contributed by atoms with Crippen molar-refractivity contribution in [3.8, 4) is 17.2 Å². The second kappa shape index (κ2) is 11.7. The molecule has 1 unspecified atom stereocenters. The van der Waals surface area contributed by atoms with E-state index in [1.165, 1.54) is 11.0 Å². The topological polar surface area (TPSA) is 106 Å². The number of aliphatic hydroxyl groups is 1. The van der Waals surface area contributed by atoms with Gasteiger partial charge in [-0.3, -0.25) is 14.3 Å². The summed E-state index contributed by atoms with van der Waals surface area (Å²) in [7, 11) is 3.31. The van der Waals surface area contributed by atoms with E-state index in [0.717, 1.165) is 0 Å². The average molecular weight is 501 g/mol. The third-order valence-corrected chi connectivity index (χ3v) is 5.42. The predicted octanol–water partition coefficient (Wildman–Crippen LogP) is 4.45. The van der Waals surface area contributed by atoms with Crippen LogP contribution in [-0.4, -0.2) is 58.4 Å². The molecule has 0 radical (unpaired) electrons. The summed E-state index contributed by atoms with van der Waals surface area (Å²) in [6.45, 7) is 4.33. The fraction of sp³-hybridized carbons (Fsp3) is 0.320. The number of carbonyl (C=O) groups is 2. The lowest BCUT2D eigenvalue weighted by molar-refractivity contribution is 0.0827. The molecule has 0 aliphatic heterocycles. The summed E-state index contributed by atoms with van der Waals surface area (Å²) in [5.74, 6) is 0.777. The number of ether oxygens (including phenoxy) is 2. The molecule has 186 valence electrons. The molecule has 9 nitrogen and oxygen atoms in total. The van der Waals surface area contributed by atoms with E-state index in [4.69, 9.17) is 21.1 Å². The monoisotopic (exact) mass is 500 g/mol. The zero-order valence-electron chi connectivity index (χ0n) is 20.1. The van der Waals surface area contributed by atoms with Gasteiger partial charge in [-0.25, -0.2) is 0 Å². The minimum absolute atomic E-state index is 0.176. The van der Waals surface area contributed by atoms with Gasteiger partial charge in [0, 0.05) is 50.1 Å². The van der Waals surface area contributed by atoms with Crippen LogP contribution in [0.5, 0.6) is 17.2 Å². The summed E-state index contributed by atoms with van der Waals surface area (Å²) in [4.78, 5) is 26.6. The SMILES string of the molecule is CCC(CO)Oc1cc(Oc2ccc(C(=O)N(C)C)cc2Cl)cc(C(=O)Nc2ccn(CC)n2)c1. The van der Waals surface area contributed by atoms with Crippen LogP contribution in [0, 0.1) is 0 Å². The number of amides is 2. The highest BCUT2D eigenvalue weighted by Gasteiger charge is 2.16. The summed E-state index contributed by atoms with van der Waals surface area (Å²) in [6, 6.07) is 11.2. The van der Waals surface area contributed by atoms with Crippen molar-refractivity contribution in [1.29, 1.82) is 0 Å². The maximum Gasteiger partial charge on any atom is 0.257 e. The van der Waals surface area contributed by atoms with Crippen LogP contribution in [0.4, 0.5) is 5.82 Å². The summed E-state index contributed by atoms with van der Waals surface area (Å²) < 4.78 is 13.5. The largest absolute Gasteiger partial charge is 0.488 e. The van der Waals surface area contributed by atoms with E-state index < -0.39 is 12.0 Å². The number of rotatable bonds is 10. The Morgan fingerprint density at radius 3 is 2.46 bits per heavy atom. The van der Waals surface area contributed by atoms with E-state index in [1.54, 1.807) is 61.4 Å². The Kier molecular flexibility index (Phi) is 8.73. The van der Waals surface area contributed by atoms with Crippen molar-refractivity contribution in [2.45, 2.75) is 32.9 Å². The van der Waals surface area contributed by atoms with Crippen molar-refractivity contribution in [1.82, 2.24) is 14.7 Å². The number of carbonyl (C=O) groups excluding carboxylic acids is 2. The number of nitrogens with zero attached hydrogens (tertiary/aromatic N) is 3. The van der Waals surface area contributed by atoms with Crippen molar-refractivity contribution >= 4 is 29.2 Å². The molecule has 2 aromatic carbocycles. The Hall–Kier alpha value is -3.56. The summed E-state index contributed by atoms with van der Waals surface area (Å²) in [5.41, 5.74) is 0.691. The van der Waals surface area contributed by atoms with Gasteiger partial charge in [0.05, 0.1) is 11.6 Å². The van der Waals surface area contributed by atoms with E-state index in [2.05, 4.69) is 10.4 Å². The Morgan fingerprint density at radius 1 is 1.11 bits per heavy atom. The zero-order valence-corrected chi connectivity index (χ0v) is 20.9. The molecular formula is C25H29ClN4O5. The van der Waals surface area contributed by atoms with Gasteiger partial charge in [0.2, 0.25) is 0 Å². The number of halogens is 1. The smallest absolute Gasteiger partial charge is 0.257 e. The summed E-state index contributed by atoms with van der Waals surface area (Å²) in [5, 5.41) is 16.8. The first-order valence-corrected chi connectivity index (χ1v) is 11.6. The first kappa shape index (κ1) is 26.1. The predicted molar refractivity (Wildman–Crippen MR) is 134 cm³/mol. The molecule has 0 saturated carbocycles. The fourth-order valence-corrected chi connectivity index (χ4v) is 3.39. The maximum atomic E-state index is 13.0. The van der Waals surface area contributed by atoms with Gasteiger partial charge in [-0.2, -0.15) is 5.10 Å². The molecule has 1 atom stereocenters. The Labute approximate surface area is 209 Å². The standard InChI is InChI=1S/C25H29ClN4O5/c1-5-18(15-31)34-19-11-17(24(32)27-23-9-10-30(6-2)28-23)12-20(14-19)35-22-8-7-16(13-21(22)26)25(33)29(3)4/h7-14,18,31H,5-6,15H2,1-4H3,(H,27,28,32). The Morgan fingerprint density at radius 2 is 1.86 bits per heavy atom. The molecule has 0 fully saturated rings. The lowest BCUT2D eigenvalue weighted by Crippen LogP contribution is -2.21.